The lowest BCUT2D eigenvalue weighted by Gasteiger charge is -1.71. The summed E-state index contributed by atoms with van der Waals surface area (Å²) < 4.78 is 0. The zero-order chi connectivity index (χ0) is 3.70. The largest absolute Gasteiger partial charge is 0.344 e. The summed E-state index contributed by atoms with van der Waals surface area (Å²) in [6.45, 7) is 3.46. The van der Waals surface area contributed by atoms with Crippen LogP contribution in [0.4, 0.5) is 0 Å². The standard InChI is InChI=1S/C4H9N.H3N/c1-2-4-3-5-4;/h4-5H,2-3H2,1H3;1H3. The first-order valence-corrected chi connectivity index (χ1v) is 2.17. The molecule has 1 unspecified atom stereocenters. The van der Waals surface area contributed by atoms with Crippen LogP contribution in [0.1, 0.15) is 13.3 Å². The van der Waals surface area contributed by atoms with Crippen molar-refractivity contribution >= 4 is 0 Å². The number of rotatable bonds is 1. The van der Waals surface area contributed by atoms with Crippen LogP contribution < -0.4 is 11.5 Å². The maximum absolute atomic E-state index is 3.18. The van der Waals surface area contributed by atoms with Crippen molar-refractivity contribution in [3.05, 3.63) is 0 Å². The Morgan fingerprint density at radius 3 is 2.33 bits per heavy atom. The Morgan fingerprint density at radius 1 is 1.83 bits per heavy atom. The summed E-state index contributed by atoms with van der Waals surface area (Å²) in [6.07, 6.45) is 1.31. The Hall–Kier alpha value is -0.0800. The normalized spacial score (nSPS) is 28.5. The Bertz CT molecular complexity index is 32.5. The van der Waals surface area contributed by atoms with Gasteiger partial charge >= 0.3 is 0 Å². The molecule has 1 rings (SSSR count). The van der Waals surface area contributed by atoms with Crippen LogP contribution in [-0.4, -0.2) is 12.6 Å². The maximum atomic E-state index is 3.18. The average molecular weight is 88.2 g/mol. The first-order chi connectivity index (χ1) is 2.43. The van der Waals surface area contributed by atoms with Crippen molar-refractivity contribution in [3.8, 4) is 0 Å². The molecule has 1 heterocycles. The fraction of sp³-hybridized carbons (Fsp3) is 1.00. The lowest BCUT2D eigenvalue weighted by atomic mass is 10.4. The van der Waals surface area contributed by atoms with Gasteiger partial charge in [0.2, 0.25) is 0 Å². The molecule has 0 aromatic carbocycles. The highest BCUT2D eigenvalue weighted by Crippen LogP contribution is 1.98. The molecule has 0 spiro atoms. The van der Waals surface area contributed by atoms with E-state index in [-0.39, 0.29) is 6.15 Å². The first kappa shape index (κ1) is 5.92. The highest BCUT2D eigenvalue weighted by molar-refractivity contribution is 4.80. The molecule has 6 heavy (non-hydrogen) atoms. The van der Waals surface area contributed by atoms with Crippen LogP contribution in [0.3, 0.4) is 0 Å². The maximum Gasteiger partial charge on any atom is 0.0190 e. The van der Waals surface area contributed by atoms with E-state index in [9.17, 15) is 0 Å². The van der Waals surface area contributed by atoms with Gasteiger partial charge in [-0.3, -0.25) is 0 Å². The molecule has 0 bridgehead atoms. The summed E-state index contributed by atoms with van der Waals surface area (Å²) in [4.78, 5) is 0. The van der Waals surface area contributed by atoms with Crippen molar-refractivity contribution in [3.63, 3.8) is 0 Å². The van der Waals surface area contributed by atoms with Crippen LogP contribution in [0.5, 0.6) is 0 Å². The minimum Gasteiger partial charge on any atom is -0.344 e. The molecule has 2 nitrogen and oxygen atoms in total. The van der Waals surface area contributed by atoms with Gasteiger partial charge in [0, 0.05) is 12.6 Å². The molecule has 1 saturated heterocycles. The van der Waals surface area contributed by atoms with Crippen molar-refractivity contribution in [2.45, 2.75) is 19.4 Å². The Morgan fingerprint density at radius 2 is 2.33 bits per heavy atom. The lowest BCUT2D eigenvalue weighted by molar-refractivity contribution is 0.894. The number of hydrogen-bond acceptors (Lipinski definition) is 2. The van der Waals surface area contributed by atoms with Crippen molar-refractivity contribution in [1.82, 2.24) is 11.5 Å². The average Bonchev–Trinajstić information content (AvgIpc) is 2.12. The van der Waals surface area contributed by atoms with Gasteiger partial charge in [-0.25, -0.2) is 0 Å². The Balaban J connectivity index is 0.000000250. The van der Waals surface area contributed by atoms with Crippen LogP contribution in [-0.2, 0) is 0 Å². The van der Waals surface area contributed by atoms with Gasteiger partial charge in [-0.2, -0.15) is 0 Å². The summed E-state index contributed by atoms with van der Waals surface area (Å²) >= 11 is 0. The molecule has 0 aromatic heterocycles. The first-order valence-electron chi connectivity index (χ1n) is 2.17. The second-order valence-corrected chi connectivity index (χ2v) is 1.51. The van der Waals surface area contributed by atoms with Crippen LogP contribution in [0, 0.1) is 0 Å². The Kier molecular flexibility index (Phi) is 2.13. The van der Waals surface area contributed by atoms with E-state index in [1.807, 2.05) is 0 Å². The predicted molar refractivity (Wildman–Crippen MR) is 27.1 cm³/mol. The third-order valence-electron chi connectivity index (χ3n) is 0.986. The smallest absolute Gasteiger partial charge is 0.0190 e. The van der Waals surface area contributed by atoms with Crippen LogP contribution >= 0.6 is 0 Å². The van der Waals surface area contributed by atoms with Gasteiger partial charge in [0.15, 0.2) is 0 Å². The topological polar surface area (TPSA) is 56.9 Å². The van der Waals surface area contributed by atoms with Crippen LogP contribution in [0.15, 0.2) is 0 Å². The molecule has 1 atom stereocenters. The van der Waals surface area contributed by atoms with Crippen molar-refractivity contribution < 1.29 is 0 Å². The fourth-order valence-electron chi connectivity index (χ4n) is 0.372. The fourth-order valence-corrected chi connectivity index (χ4v) is 0.372. The van der Waals surface area contributed by atoms with Gasteiger partial charge in [-0.05, 0) is 6.42 Å². The van der Waals surface area contributed by atoms with Crippen molar-refractivity contribution in [2.75, 3.05) is 6.54 Å². The van der Waals surface area contributed by atoms with E-state index in [0.717, 1.165) is 6.04 Å². The predicted octanol–water partition coefficient (Wildman–Crippen LogP) is 0.530. The van der Waals surface area contributed by atoms with E-state index in [1.54, 1.807) is 0 Å². The van der Waals surface area contributed by atoms with E-state index >= 15 is 0 Å². The monoisotopic (exact) mass is 88.1 g/mol. The quantitative estimate of drug-likeness (QED) is 0.459. The second kappa shape index (κ2) is 2.16. The SMILES string of the molecule is CCC1CN1.N. The molecule has 0 aliphatic carbocycles. The molecule has 1 aliphatic heterocycles. The van der Waals surface area contributed by atoms with Crippen LogP contribution in [0.25, 0.3) is 0 Å². The highest BCUT2D eigenvalue weighted by atomic mass is 15.1. The Labute approximate surface area is 38.5 Å². The van der Waals surface area contributed by atoms with Gasteiger partial charge in [0.05, 0.1) is 0 Å². The van der Waals surface area contributed by atoms with Gasteiger partial charge < -0.3 is 11.5 Å². The molecule has 0 radical (unpaired) electrons. The van der Waals surface area contributed by atoms with Gasteiger partial charge in [0.1, 0.15) is 0 Å². The lowest BCUT2D eigenvalue weighted by Crippen LogP contribution is -1.81. The van der Waals surface area contributed by atoms with Gasteiger partial charge in [-0.1, -0.05) is 6.92 Å². The van der Waals surface area contributed by atoms with Gasteiger partial charge in [-0.15, -0.1) is 0 Å². The van der Waals surface area contributed by atoms with Crippen LogP contribution in [0.2, 0.25) is 0 Å². The molecular weight excluding hydrogens is 76.1 g/mol. The zero-order valence-corrected chi connectivity index (χ0v) is 4.20. The minimum absolute atomic E-state index is 0. The molecule has 4 N–H and O–H groups in total. The minimum atomic E-state index is 0. The molecule has 1 fully saturated rings. The second-order valence-electron chi connectivity index (χ2n) is 1.51. The molecule has 38 valence electrons. The molecule has 0 amide bonds. The van der Waals surface area contributed by atoms with E-state index in [4.69, 9.17) is 0 Å². The molecule has 0 saturated carbocycles. The van der Waals surface area contributed by atoms with E-state index in [1.165, 1.54) is 13.0 Å². The van der Waals surface area contributed by atoms with E-state index in [0.29, 0.717) is 0 Å². The number of hydrogen-bond donors (Lipinski definition) is 2. The summed E-state index contributed by atoms with van der Waals surface area (Å²) in [6, 6.07) is 0.884. The highest BCUT2D eigenvalue weighted by Gasteiger charge is 2.15. The summed E-state index contributed by atoms with van der Waals surface area (Å²) in [5, 5.41) is 3.18. The molecule has 2 heteroatoms. The molecule has 0 aromatic rings. The third kappa shape index (κ3) is 1.38. The molecule has 1 aliphatic rings. The van der Waals surface area contributed by atoms with E-state index < -0.39 is 0 Å². The number of nitrogens with one attached hydrogen (secondary N) is 1. The van der Waals surface area contributed by atoms with E-state index in [2.05, 4.69) is 12.2 Å². The van der Waals surface area contributed by atoms with Gasteiger partial charge in [0.25, 0.3) is 0 Å². The zero-order valence-electron chi connectivity index (χ0n) is 4.20. The van der Waals surface area contributed by atoms with Crippen molar-refractivity contribution in [2.24, 2.45) is 0 Å². The molecular formula is C4H12N2. The summed E-state index contributed by atoms with van der Waals surface area (Å²) in [7, 11) is 0. The summed E-state index contributed by atoms with van der Waals surface area (Å²) in [5.41, 5.74) is 0. The third-order valence-corrected chi connectivity index (χ3v) is 0.986. The summed E-state index contributed by atoms with van der Waals surface area (Å²) in [5.74, 6) is 0. The van der Waals surface area contributed by atoms with Crippen molar-refractivity contribution in [1.29, 1.82) is 0 Å².